The lowest BCUT2D eigenvalue weighted by molar-refractivity contribution is 0.724. The minimum absolute atomic E-state index is 0.593. The number of nitrogens with zero attached hydrogens (tertiary/aromatic N) is 1. The van der Waals surface area contributed by atoms with Gasteiger partial charge >= 0.3 is 0 Å². The average molecular weight is 198 g/mol. The van der Waals surface area contributed by atoms with E-state index < -0.39 is 0 Å². The molecule has 0 bridgehead atoms. The van der Waals surface area contributed by atoms with Crippen LogP contribution in [0.25, 0.3) is 0 Å². The third-order valence-electron chi connectivity index (χ3n) is 2.31. The van der Waals surface area contributed by atoms with Crippen LogP contribution in [0, 0.1) is 6.92 Å². The Labute approximate surface area is 84.2 Å². The van der Waals surface area contributed by atoms with Gasteiger partial charge in [-0.25, -0.2) is 4.98 Å². The Kier molecular flexibility index (Phi) is 3.88. The molecular formula is C10H18N2S. The van der Waals surface area contributed by atoms with Gasteiger partial charge in [-0.05, 0) is 26.3 Å². The number of hydrogen-bond acceptors (Lipinski definition) is 3. The van der Waals surface area contributed by atoms with Gasteiger partial charge in [0.1, 0.15) is 0 Å². The summed E-state index contributed by atoms with van der Waals surface area (Å²) in [6, 6.07) is 0. The summed E-state index contributed by atoms with van der Waals surface area (Å²) in [5.41, 5.74) is 6.70. The van der Waals surface area contributed by atoms with E-state index in [1.165, 1.54) is 15.6 Å². The van der Waals surface area contributed by atoms with Crippen molar-refractivity contribution >= 4 is 11.3 Å². The van der Waals surface area contributed by atoms with Crippen LogP contribution in [0.1, 0.15) is 41.8 Å². The average Bonchev–Trinajstić information content (AvgIpc) is 2.47. The minimum Gasteiger partial charge on any atom is -0.330 e. The molecule has 0 saturated heterocycles. The van der Waals surface area contributed by atoms with Crippen molar-refractivity contribution in [2.24, 2.45) is 5.73 Å². The zero-order valence-corrected chi connectivity index (χ0v) is 9.45. The normalized spacial score (nSPS) is 13.2. The first-order valence-corrected chi connectivity index (χ1v) is 5.67. The summed E-state index contributed by atoms with van der Waals surface area (Å²) in [4.78, 5) is 5.92. The van der Waals surface area contributed by atoms with Crippen LogP contribution < -0.4 is 5.73 Å². The van der Waals surface area contributed by atoms with Gasteiger partial charge in [-0.1, -0.05) is 13.8 Å². The topological polar surface area (TPSA) is 38.9 Å². The van der Waals surface area contributed by atoms with Gasteiger partial charge in [0.15, 0.2) is 0 Å². The molecule has 0 saturated carbocycles. The summed E-state index contributed by atoms with van der Waals surface area (Å²) in [5.74, 6) is 0.593. The van der Waals surface area contributed by atoms with E-state index in [9.17, 15) is 0 Å². The van der Waals surface area contributed by atoms with E-state index in [0.717, 1.165) is 19.4 Å². The molecule has 1 atom stereocenters. The molecule has 0 aromatic carbocycles. The van der Waals surface area contributed by atoms with Crippen LogP contribution >= 0.6 is 11.3 Å². The van der Waals surface area contributed by atoms with E-state index in [-0.39, 0.29) is 0 Å². The van der Waals surface area contributed by atoms with Crippen molar-refractivity contribution in [1.82, 2.24) is 4.98 Å². The minimum atomic E-state index is 0.593. The molecular weight excluding hydrogens is 180 g/mol. The van der Waals surface area contributed by atoms with Crippen molar-refractivity contribution in [3.63, 3.8) is 0 Å². The predicted molar refractivity (Wildman–Crippen MR) is 58.3 cm³/mol. The number of hydrogen-bond donors (Lipinski definition) is 1. The Hall–Kier alpha value is -0.410. The molecule has 0 fully saturated rings. The maximum atomic E-state index is 5.53. The van der Waals surface area contributed by atoms with Gasteiger partial charge in [0.2, 0.25) is 0 Å². The Bertz CT molecular complexity index is 268. The molecule has 1 unspecified atom stereocenters. The standard InChI is InChI=1S/C10H18N2S/c1-4-7(2)10-12-8(3)9(13-10)5-6-11/h7H,4-6,11H2,1-3H3. The summed E-state index contributed by atoms with van der Waals surface area (Å²) in [6.07, 6.45) is 2.13. The molecule has 74 valence electrons. The first kappa shape index (κ1) is 10.7. The molecule has 0 spiro atoms. The summed E-state index contributed by atoms with van der Waals surface area (Å²) in [5, 5.41) is 1.27. The summed E-state index contributed by atoms with van der Waals surface area (Å²) >= 11 is 1.83. The van der Waals surface area contributed by atoms with Crippen LogP contribution in [-0.2, 0) is 6.42 Å². The van der Waals surface area contributed by atoms with Crippen molar-refractivity contribution in [3.8, 4) is 0 Å². The zero-order chi connectivity index (χ0) is 9.84. The fourth-order valence-corrected chi connectivity index (χ4v) is 2.42. The van der Waals surface area contributed by atoms with Crippen molar-refractivity contribution in [2.75, 3.05) is 6.54 Å². The lowest BCUT2D eigenvalue weighted by Crippen LogP contribution is -2.01. The van der Waals surface area contributed by atoms with E-state index in [4.69, 9.17) is 5.73 Å². The molecule has 1 aromatic rings. The highest BCUT2D eigenvalue weighted by Crippen LogP contribution is 2.26. The molecule has 1 aromatic heterocycles. The van der Waals surface area contributed by atoms with E-state index in [1.807, 2.05) is 11.3 Å². The lowest BCUT2D eigenvalue weighted by atomic mass is 10.1. The van der Waals surface area contributed by atoms with Crippen LogP contribution in [0.15, 0.2) is 0 Å². The number of aryl methyl sites for hydroxylation is 1. The second-order valence-corrected chi connectivity index (χ2v) is 4.52. The lowest BCUT2D eigenvalue weighted by Gasteiger charge is -2.01. The van der Waals surface area contributed by atoms with E-state index >= 15 is 0 Å². The summed E-state index contributed by atoms with van der Waals surface area (Å²) < 4.78 is 0. The van der Waals surface area contributed by atoms with Gasteiger partial charge in [-0.15, -0.1) is 11.3 Å². The Morgan fingerprint density at radius 1 is 1.54 bits per heavy atom. The Morgan fingerprint density at radius 3 is 2.77 bits per heavy atom. The number of rotatable bonds is 4. The highest BCUT2D eigenvalue weighted by molar-refractivity contribution is 7.11. The van der Waals surface area contributed by atoms with Crippen LogP contribution in [-0.4, -0.2) is 11.5 Å². The largest absolute Gasteiger partial charge is 0.330 e. The summed E-state index contributed by atoms with van der Waals surface area (Å²) in [7, 11) is 0. The molecule has 3 heteroatoms. The van der Waals surface area contributed by atoms with Crippen molar-refractivity contribution in [2.45, 2.75) is 39.5 Å². The highest BCUT2D eigenvalue weighted by atomic mass is 32.1. The molecule has 1 heterocycles. The van der Waals surface area contributed by atoms with Crippen LogP contribution in [0.5, 0.6) is 0 Å². The maximum absolute atomic E-state index is 5.53. The Balaban J connectivity index is 2.81. The molecule has 13 heavy (non-hydrogen) atoms. The first-order chi connectivity index (χ1) is 6.19. The molecule has 0 aliphatic carbocycles. The van der Waals surface area contributed by atoms with Gasteiger partial charge in [0.25, 0.3) is 0 Å². The van der Waals surface area contributed by atoms with Gasteiger partial charge in [0, 0.05) is 10.8 Å². The Morgan fingerprint density at radius 2 is 2.23 bits per heavy atom. The van der Waals surface area contributed by atoms with Crippen molar-refractivity contribution < 1.29 is 0 Å². The van der Waals surface area contributed by atoms with Gasteiger partial charge in [-0.3, -0.25) is 0 Å². The molecule has 2 N–H and O–H groups in total. The fraction of sp³-hybridized carbons (Fsp3) is 0.700. The van der Waals surface area contributed by atoms with Gasteiger partial charge in [0.05, 0.1) is 10.7 Å². The molecule has 2 nitrogen and oxygen atoms in total. The quantitative estimate of drug-likeness (QED) is 0.807. The molecule has 0 aliphatic heterocycles. The number of nitrogens with two attached hydrogens (primary N) is 1. The maximum Gasteiger partial charge on any atom is 0.0959 e. The SMILES string of the molecule is CCC(C)c1nc(C)c(CCN)s1. The third kappa shape index (κ3) is 2.51. The van der Waals surface area contributed by atoms with E-state index in [0.29, 0.717) is 5.92 Å². The van der Waals surface area contributed by atoms with Crippen molar-refractivity contribution in [3.05, 3.63) is 15.6 Å². The molecule has 0 aliphatic rings. The van der Waals surface area contributed by atoms with E-state index in [1.54, 1.807) is 0 Å². The molecule has 0 amide bonds. The van der Waals surface area contributed by atoms with Gasteiger partial charge < -0.3 is 5.73 Å². The number of thiazole rings is 1. The van der Waals surface area contributed by atoms with Crippen molar-refractivity contribution in [1.29, 1.82) is 0 Å². The van der Waals surface area contributed by atoms with Crippen LogP contribution in [0.3, 0.4) is 0 Å². The second kappa shape index (κ2) is 4.72. The molecule has 0 radical (unpaired) electrons. The van der Waals surface area contributed by atoms with Crippen LogP contribution in [0.4, 0.5) is 0 Å². The molecule has 1 rings (SSSR count). The predicted octanol–water partition coefficient (Wildman–Crippen LogP) is 2.47. The first-order valence-electron chi connectivity index (χ1n) is 4.85. The zero-order valence-electron chi connectivity index (χ0n) is 8.63. The second-order valence-electron chi connectivity index (χ2n) is 3.41. The van der Waals surface area contributed by atoms with Gasteiger partial charge in [-0.2, -0.15) is 0 Å². The number of aromatic nitrogens is 1. The fourth-order valence-electron chi connectivity index (χ4n) is 1.20. The smallest absolute Gasteiger partial charge is 0.0959 e. The monoisotopic (exact) mass is 198 g/mol. The highest BCUT2D eigenvalue weighted by Gasteiger charge is 2.11. The third-order valence-corrected chi connectivity index (χ3v) is 3.76. The summed E-state index contributed by atoms with van der Waals surface area (Å²) in [6.45, 7) is 7.23. The van der Waals surface area contributed by atoms with E-state index in [2.05, 4.69) is 25.8 Å². The van der Waals surface area contributed by atoms with Crippen LogP contribution in [0.2, 0.25) is 0 Å².